The van der Waals surface area contributed by atoms with Crippen molar-refractivity contribution >= 4 is 17.6 Å². The molecule has 0 aromatic carbocycles. The molecule has 0 spiro atoms. The SMILES string of the molecule is Cc1nc2c(c(NCCN3C(=O)CCC3=O)n1)CCCC2. The van der Waals surface area contributed by atoms with E-state index >= 15 is 0 Å². The molecule has 1 aromatic heterocycles. The number of carbonyl (C=O) groups excluding carboxylic acids is 2. The van der Waals surface area contributed by atoms with Gasteiger partial charge in [0.25, 0.3) is 0 Å². The Bertz CT molecular complexity index is 569. The Hall–Kier alpha value is -1.98. The van der Waals surface area contributed by atoms with Crippen molar-refractivity contribution < 1.29 is 9.59 Å². The van der Waals surface area contributed by atoms with E-state index in [0.717, 1.165) is 36.6 Å². The average molecular weight is 288 g/mol. The molecule has 2 aliphatic rings. The molecule has 1 aliphatic heterocycles. The summed E-state index contributed by atoms with van der Waals surface area (Å²) in [6.45, 7) is 2.85. The van der Waals surface area contributed by atoms with E-state index in [9.17, 15) is 9.59 Å². The van der Waals surface area contributed by atoms with E-state index in [4.69, 9.17) is 0 Å². The van der Waals surface area contributed by atoms with Crippen molar-refractivity contribution in [2.45, 2.75) is 45.4 Å². The second kappa shape index (κ2) is 5.79. The second-order valence-electron chi connectivity index (χ2n) is 5.62. The van der Waals surface area contributed by atoms with Crippen LogP contribution in [0.4, 0.5) is 5.82 Å². The number of fused-ring (bicyclic) bond motifs is 1. The van der Waals surface area contributed by atoms with Crippen molar-refractivity contribution in [2.75, 3.05) is 18.4 Å². The highest BCUT2D eigenvalue weighted by atomic mass is 16.2. The molecule has 21 heavy (non-hydrogen) atoms. The fraction of sp³-hybridized carbons (Fsp3) is 0.600. The van der Waals surface area contributed by atoms with Crippen LogP contribution < -0.4 is 5.32 Å². The quantitative estimate of drug-likeness (QED) is 0.843. The summed E-state index contributed by atoms with van der Waals surface area (Å²) in [6.07, 6.45) is 5.05. The first-order valence-corrected chi connectivity index (χ1v) is 7.58. The number of aromatic nitrogens is 2. The van der Waals surface area contributed by atoms with Gasteiger partial charge in [-0.3, -0.25) is 14.5 Å². The molecule has 0 atom stereocenters. The molecule has 2 amide bonds. The van der Waals surface area contributed by atoms with E-state index < -0.39 is 0 Å². The topological polar surface area (TPSA) is 75.2 Å². The molecule has 2 heterocycles. The lowest BCUT2D eigenvalue weighted by Crippen LogP contribution is -2.33. The van der Waals surface area contributed by atoms with E-state index in [1.54, 1.807) is 0 Å². The Kier molecular flexibility index (Phi) is 3.86. The maximum atomic E-state index is 11.6. The standard InChI is InChI=1S/C15H20N4O2/c1-10-17-12-5-3-2-4-11(12)15(18-10)16-8-9-19-13(20)6-7-14(19)21/h2-9H2,1H3,(H,16,17,18). The van der Waals surface area contributed by atoms with E-state index in [0.29, 0.717) is 25.9 Å². The van der Waals surface area contributed by atoms with Crippen molar-refractivity contribution in [3.05, 3.63) is 17.1 Å². The Labute approximate surface area is 124 Å². The summed E-state index contributed by atoms with van der Waals surface area (Å²) in [4.78, 5) is 33.5. The van der Waals surface area contributed by atoms with Crippen LogP contribution in [-0.4, -0.2) is 39.8 Å². The lowest BCUT2D eigenvalue weighted by Gasteiger charge is -2.20. The smallest absolute Gasteiger partial charge is 0.229 e. The minimum atomic E-state index is -0.0669. The van der Waals surface area contributed by atoms with Crippen LogP contribution in [0.5, 0.6) is 0 Å². The van der Waals surface area contributed by atoms with Gasteiger partial charge in [0.15, 0.2) is 0 Å². The molecule has 1 aromatic rings. The van der Waals surface area contributed by atoms with E-state index in [1.165, 1.54) is 16.9 Å². The number of nitrogens with zero attached hydrogens (tertiary/aromatic N) is 3. The third-order valence-electron chi connectivity index (χ3n) is 4.08. The zero-order valence-corrected chi connectivity index (χ0v) is 12.3. The Morgan fingerprint density at radius 2 is 1.76 bits per heavy atom. The van der Waals surface area contributed by atoms with Gasteiger partial charge < -0.3 is 5.32 Å². The average Bonchev–Trinajstić information content (AvgIpc) is 2.78. The molecule has 112 valence electrons. The molecule has 0 unspecified atom stereocenters. The molecule has 1 N–H and O–H groups in total. The molecule has 6 nitrogen and oxygen atoms in total. The van der Waals surface area contributed by atoms with Gasteiger partial charge in [-0.05, 0) is 32.6 Å². The van der Waals surface area contributed by atoms with Crippen molar-refractivity contribution in [1.82, 2.24) is 14.9 Å². The summed E-state index contributed by atoms with van der Waals surface area (Å²) in [7, 11) is 0. The van der Waals surface area contributed by atoms with Gasteiger partial charge in [-0.1, -0.05) is 0 Å². The van der Waals surface area contributed by atoms with E-state index in [2.05, 4.69) is 15.3 Å². The number of aryl methyl sites for hydroxylation is 2. The third kappa shape index (κ3) is 2.89. The van der Waals surface area contributed by atoms with Crippen LogP contribution in [0.2, 0.25) is 0 Å². The van der Waals surface area contributed by atoms with Crippen LogP contribution in [0, 0.1) is 6.92 Å². The van der Waals surface area contributed by atoms with Crippen LogP contribution in [0.25, 0.3) is 0 Å². The number of nitrogens with one attached hydrogen (secondary N) is 1. The van der Waals surface area contributed by atoms with E-state index in [1.807, 2.05) is 6.92 Å². The minimum absolute atomic E-state index is 0.0669. The molecule has 0 bridgehead atoms. The predicted octanol–water partition coefficient (Wildman–Crippen LogP) is 1.22. The first kappa shape index (κ1) is 14.0. The summed E-state index contributed by atoms with van der Waals surface area (Å²) >= 11 is 0. The number of imide groups is 1. The summed E-state index contributed by atoms with van der Waals surface area (Å²) in [5, 5.41) is 3.28. The van der Waals surface area contributed by atoms with Crippen molar-refractivity contribution in [2.24, 2.45) is 0 Å². The van der Waals surface area contributed by atoms with Gasteiger partial charge in [-0.2, -0.15) is 0 Å². The van der Waals surface area contributed by atoms with Crippen LogP contribution >= 0.6 is 0 Å². The largest absolute Gasteiger partial charge is 0.368 e. The fourth-order valence-electron chi connectivity index (χ4n) is 3.02. The van der Waals surface area contributed by atoms with Gasteiger partial charge in [-0.25, -0.2) is 9.97 Å². The normalized spacial score (nSPS) is 18.0. The highest BCUT2D eigenvalue weighted by molar-refractivity contribution is 6.01. The summed E-state index contributed by atoms with van der Waals surface area (Å²) < 4.78 is 0. The Morgan fingerprint density at radius 1 is 1.05 bits per heavy atom. The lowest BCUT2D eigenvalue weighted by atomic mass is 9.96. The minimum Gasteiger partial charge on any atom is -0.368 e. The number of hydrogen-bond donors (Lipinski definition) is 1. The van der Waals surface area contributed by atoms with Gasteiger partial charge >= 0.3 is 0 Å². The molecule has 1 fully saturated rings. The first-order chi connectivity index (χ1) is 10.1. The van der Waals surface area contributed by atoms with Gasteiger partial charge in [-0.15, -0.1) is 0 Å². The molecule has 0 saturated carbocycles. The van der Waals surface area contributed by atoms with Crippen LogP contribution in [0.1, 0.15) is 42.8 Å². The number of carbonyl (C=O) groups is 2. The maximum absolute atomic E-state index is 11.6. The van der Waals surface area contributed by atoms with Crippen molar-refractivity contribution in [1.29, 1.82) is 0 Å². The number of anilines is 1. The summed E-state index contributed by atoms with van der Waals surface area (Å²) in [6, 6.07) is 0. The third-order valence-corrected chi connectivity index (χ3v) is 4.08. The second-order valence-corrected chi connectivity index (χ2v) is 5.62. The number of hydrogen-bond acceptors (Lipinski definition) is 5. The van der Waals surface area contributed by atoms with Gasteiger partial charge in [0.05, 0.1) is 0 Å². The fourth-order valence-corrected chi connectivity index (χ4v) is 3.02. The van der Waals surface area contributed by atoms with Crippen LogP contribution in [0.15, 0.2) is 0 Å². The zero-order chi connectivity index (χ0) is 14.8. The molecule has 1 aliphatic carbocycles. The predicted molar refractivity (Wildman–Crippen MR) is 77.9 cm³/mol. The van der Waals surface area contributed by atoms with Crippen LogP contribution in [0.3, 0.4) is 0 Å². The molecular weight excluding hydrogens is 268 g/mol. The van der Waals surface area contributed by atoms with Crippen molar-refractivity contribution in [3.8, 4) is 0 Å². The number of rotatable bonds is 4. The number of amides is 2. The van der Waals surface area contributed by atoms with Gasteiger partial charge in [0.1, 0.15) is 11.6 Å². The highest BCUT2D eigenvalue weighted by Crippen LogP contribution is 2.25. The Morgan fingerprint density at radius 3 is 2.52 bits per heavy atom. The molecule has 0 radical (unpaired) electrons. The first-order valence-electron chi connectivity index (χ1n) is 7.58. The van der Waals surface area contributed by atoms with Crippen LogP contribution in [-0.2, 0) is 22.4 Å². The highest BCUT2D eigenvalue weighted by Gasteiger charge is 2.28. The van der Waals surface area contributed by atoms with E-state index in [-0.39, 0.29) is 11.8 Å². The number of likely N-dealkylation sites (tertiary alicyclic amines) is 1. The molecule has 3 rings (SSSR count). The van der Waals surface area contributed by atoms with Crippen molar-refractivity contribution in [3.63, 3.8) is 0 Å². The lowest BCUT2D eigenvalue weighted by molar-refractivity contribution is -0.138. The molecular formula is C15H20N4O2. The monoisotopic (exact) mass is 288 g/mol. The zero-order valence-electron chi connectivity index (χ0n) is 12.3. The van der Waals surface area contributed by atoms with Gasteiger partial charge in [0, 0.05) is 37.2 Å². The molecule has 6 heteroatoms. The maximum Gasteiger partial charge on any atom is 0.229 e. The van der Waals surface area contributed by atoms with Gasteiger partial charge in [0.2, 0.25) is 11.8 Å². The Balaban J connectivity index is 1.66. The summed E-state index contributed by atoms with van der Waals surface area (Å²) in [5.74, 6) is 1.51. The summed E-state index contributed by atoms with van der Waals surface area (Å²) in [5.41, 5.74) is 2.34. The molecule has 1 saturated heterocycles.